The van der Waals surface area contributed by atoms with Crippen molar-refractivity contribution in [1.82, 2.24) is 20.4 Å². The van der Waals surface area contributed by atoms with E-state index in [0.717, 1.165) is 16.8 Å². The van der Waals surface area contributed by atoms with Gasteiger partial charge in [-0.05, 0) is 36.2 Å². The van der Waals surface area contributed by atoms with Gasteiger partial charge in [-0.25, -0.2) is 0 Å². The fourth-order valence-electron chi connectivity index (χ4n) is 3.79. The van der Waals surface area contributed by atoms with Gasteiger partial charge in [0, 0.05) is 23.9 Å². The number of nitrogens with one attached hydrogen (secondary N) is 2. The maximum absolute atomic E-state index is 13.4. The molecule has 2 aromatic carbocycles. The van der Waals surface area contributed by atoms with Crippen LogP contribution in [0.2, 0.25) is 5.02 Å². The van der Waals surface area contributed by atoms with Gasteiger partial charge in [0.15, 0.2) is 0 Å². The van der Waals surface area contributed by atoms with E-state index in [-0.39, 0.29) is 11.8 Å². The number of rotatable bonds is 10. The Morgan fingerprint density at radius 2 is 1.76 bits per heavy atom. The number of benzene rings is 2. The first-order valence-electron chi connectivity index (χ1n) is 12.4. The van der Waals surface area contributed by atoms with Gasteiger partial charge in [0.25, 0.3) is 5.91 Å². The highest BCUT2D eigenvalue weighted by Gasteiger charge is 2.29. The topological polar surface area (TPSA) is 109 Å². The summed E-state index contributed by atoms with van der Waals surface area (Å²) in [5.41, 5.74) is 2.56. The maximum atomic E-state index is 13.4. The smallest absolute Gasteiger partial charge is 0.270 e. The van der Waals surface area contributed by atoms with Gasteiger partial charge in [-0.1, -0.05) is 74.8 Å². The number of nitriles is 1. The number of halogens is 1. The zero-order valence-corrected chi connectivity index (χ0v) is 23.1. The molecular weight excluding hydrogens is 502 g/mol. The molecule has 0 saturated heterocycles. The van der Waals surface area contributed by atoms with Crippen LogP contribution >= 0.6 is 11.6 Å². The van der Waals surface area contributed by atoms with Gasteiger partial charge in [-0.3, -0.25) is 14.3 Å². The van der Waals surface area contributed by atoms with Crippen molar-refractivity contribution in [2.45, 2.75) is 64.3 Å². The average molecular weight is 536 g/mol. The Labute approximate surface area is 228 Å². The van der Waals surface area contributed by atoms with Crippen LogP contribution in [0.25, 0.3) is 0 Å². The minimum atomic E-state index is -0.967. The third-order valence-corrected chi connectivity index (χ3v) is 6.33. The molecule has 0 bridgehead atoms. The van der Waals surface area contributed by atoms with E-state index in [9.17, 15) is 14.9 Å². The van der Waals surface area contributed by atoms with Crippen molar-refractivity contribution >= 4 is 23.4 Å². The standard InChI is InChI=1S/C29H34ClN5O3/c1-19(38-18-20-10-7-6-8-11-20)24(17-31)33-27(36)23(15-21-12-9-13-22(30)14-21)32-28(37)25-16-26(29(2,3)4)34-35(25)5/h6-14,16,19,23-24H,15,18H2,1-5H3,(H,32,37)(H,33,36)/t19-,23+,24-/m1/s1. The van der Waals surface area contributed by atoms with Gasteiger partial charge in [0.05, 0.1) is 24.5 Å². The van der Waals surface area contributed by atoms with Gasteiger partial charge >= 0.3 is 0 Å². The molecule has 38 heavy (non-hydrogen) atoms. The molecule has 0 fully saturated rings. The van der Waals surface area contributed by atoms with Crippen molar-refractivity contribution in [3.05, 3.63) is 88.2 Å². The Bertz CT molecular complexity index is 1290. The molecule has 0 aliphatic heterocycles. The second kappa shape index (κ2) is 12.7. The number of amides is 2. The predicted octanol–water partition coefficient (Wildman–Crippen LogP) is 4.33. The lowest BCUT2D eigenvalue weighted by Crippen LogP contribution is -2.53. The minimum absolute atomic E-state index is 0.180. The van der Waals surface area contributed by atoms with Crippen molar-refractivity contribution in [2.24, 2.45) is 7.05 Å². The van der Waals surface area contributed by atoms with Gasteiger partial charge < -0.3 is 15.4 Å². The molecular formula is C29H34ClN5O3. The van der Waals surface area contributed by atoms with Crippen LogP contribution in [-0.2, 0) is 35.0 Å². The molecule has 1 aromatic heterocycles. The van der Waals surface area contributed by atoms with E-state index >= 15 is 0 Å². The Morgan fingerprint density at radius 1 is 1.08 bits per heavy atom. The molecule has 0 unspecified atom stereocenters. The normalized spacial score (nSPS) is 13.7. The summed E-state index contributed by atoms with van der Waals surface area (Å²) in [7, 11) is 1.69. The van der Waals surface area contributed by atoms with Crippen LogP contribution in [0, 0.1) is 11.3 Å². The molecule has 0 radical (unpaired) electrons. The maximum Gasteiger partial charge on any atom is 0.270 e. The second-order valence-corrected chi connectivity index (χ2v) is 10.7. The number of nitrogens with zero attached hydrogens (tertiary/aromatic N) is 3. The van der Waals surface area contributed by atoms with E-state index in [0.29, 0.717) is 17.3 Å². The molecule has 2 N–H and O–H groups in total. The third-order valence-electron chi connectivity index (χ3n) is 6.09. The Morgan fingerprint density at radius 3 is 2.37 bits per heavy atom. The third kappa shape index (κ3) is 7.91. The number of hydrogen-bond acceptors (Lipinski definition) is 5. The van der Waals surface area contributed by atoms with Crippen LogP contribution in [0.3, 0.4) is 0 Å². The monoisotopic (exact) mass is 535 g/mol. The molecule has 3 atom stereocenters. The van der Waals surface area contributed by atoms with Crippen LogP contribution in [0.1, 0.15) is 55.0 Å². The highest BCUT2D eigenvalue weighted by Crippen LogP contribution is 2.21. The molecule has 9 heteroatoms. The lowest BCUT2D eigenvalue weighted by Gasteiger charge is -2.24. The van der Waals surface area contributed by atoms with E-state index in [1.807, 2.05) is 57.2 Å². The summed E-state index contributed by atoms with van der Waals surface area (Å²) in [5.74, 6) is -0.946. The molecule has 0 aliphatic rings. The van der Waals surface area contributed by atoms with Crippen LogP contribution in [-0.4, -0.2) is 39.8 Å². The molecule has 8 nitrogen and oxygen atoms in total. The fourth-order valence-corrected chi connectivity index (χ4v) is 4.01. The zero-order valence-electron chi connectivity index (χ0n) is 22.4. The van der Waals surface area contributed by atoms with Crippen LogP contribution < -0.4 is 10.6 Å². The summed E-state index contributed by atoms with van der Waals surface area (Å²) in [6.07, 6.45) is -0.405. The van der Waals surface area contributed by atoms with Gasteiger partial charge in [0.1, 0.15) is 17.8 Å². The Kier molecular flexibility index (Phi) is 9.67. The summed E-state index contributed by atoms with van der Waals surface area (Å²) >= 11 is 6.15. The summed E-state index contributed by atoms with van der Waals surface area (Å²) in [6.45, 7) is 8.06. The Balaban J connectivity index is 1.77. The van der Waals surface area contributed by atoms with Crippen molar-refractivity contribution in [1.29, 1.82) is 5.26 Å². The molecule has 0 aliphatic carbocycles. The first kappa shape index (κ1) is 28.9. The molecule has 1 heterocycles. The first-order chi connectivity index (χ1) is 18.0. The lowest BCUT2D eigenvalue weighted by molar-refractivity contribution is -0.124. The zero-order chi connectivity index (χ0) is 27.9. The average Bonchev–Trinajstić information content (AvgIpc) is 3.28. The quantitative estimate of drug-likeness (QED) is 0.402. The second-order valence-electron chi connectivity index (χ2n) is 10.3. The number of ether oxygens (including phenoxy) is 1. The summed E-state index contributed by atoms with van der Waals surface area (Å²) in [5, 5.41) is 20.3. The number of aromatic nitrogens is 2. The summed E-state index contributed by atoms with van der Waals surface area (Å²) in [4.78, 5) is 26.7. The van der Waals surface area contributed by atoms with E-state index in [4.69, 9.17) is 16.3 Å². The fraction of sp³-hybridized carbons (Fsp3) is 0.379. The van der Waals surface area contributed by atoms with E-state index in [1.54, 1.807) is 38.2 Å². The Hall–Kier alpha value is -3.67. The van der Waals surface area contributed by atoms with E-state index in [2.05, 4.69) is 21.8 Å². The highest BCUT2D eigenvalue weighted by atomic mass is 35.5. The largest absolute Gasteiger partial charge is 0.371 e. The predicted molar refractivity (Wildman–Crippen MR) is 147 cm³/mol. The van der Waals surface area contributed by atoms with Crippen molar-refractivity contribution < 1.29 is 14.3 Å². The van der Waals surface area contributed by atoms with Crippen molar-refractivity contribution in [3.8, 4) is 6.07 Å². The van der Waals surface area contributed by atoms with Crippen LogP contribution in [0.15, 0.2) is 60.7 Å². The highest BCUT2D eigenvalue weighted by molar-refractivity contribution is 6.30. The van der Waals surface area contributed by atoms with Gasteiger partial charge in [-0.15, -0.1) is 0 Å². The molecule has 2 amide bonds. The number of carbonyl (C=O) groups is 2. The summed E-state index contributed by atoms with van der Waals surface area (Å²) < 4.78 is 7.34. The van der Waals surface area contributed by atoms with Crippen molar-refractivity contribution in [3.63, 3.8) is 0 Å². The molecule has 200 valence electrons. The minimum Gasteiger partial charge on any atom is -0.371 e. The lowest BCUT2D eigenvalue weighted by atomic mass is 9.92. The molecule has 0 spiro atoms. The summed E-state index contributed by atoms with van der Waals surface area (Å²) in [6, 6.07) is 18.6. The van der Waals surface area contributed by atoms with Crippen LogP contribution in [0.4, 0.5) is 0 Å². The van der Waals surface area contributed by atoms with E-state index in [1.165, 1.54) is 4.68 Å². The van der Waals surface area contributed by atoms with Gasteiger partial charge in [-0.2, -0.15) is 10.4 Å². The van der Waals surface area contributed by atoms with E-state index < -0.39 is 30.0 Å². The SMILES string of the molecule is C[C@@H](OCc1ccccc1)[C@@H](C#N)NC(=O)[C@H](Cc1cccc(Cl)c1)NC(=O)c1cc(C(C)(C)C)nn1C. The van der Waals surface area contributed by atoms with Gasteiger partial charge in [0.2, 0.25) is 5.91 Å². The first-order valence-corrected chi connectivity index (χ1v) is 12.8. The van der Waals surface area contributed by atoms with Crippen LogP contribution in [0.5, 0.6) is 0 Å². The molecule has 3 rings (SSSR count). The molecule has 0 saturated carbocycles. The molecule has 3 aromatic rings. The number of hydrogen-bond donors (Lipinski definition) is 2. The van der Waals surface area contributed by atoms with Crippen molar-refractivity contribution in [2.75, 3.05) is 0 Å². The number of carbonyl (C=O) groups excluding carboxylic acids is 2. The number of aryl methyl sites for hydroxylation is 1.